The minimum atomic E-state index is -4.73. The number of nitrogens with two attached hydrogens (primary N) is 2. The van der Waals surface area contributed by atoms with Crippen LogP contribution in [0.2, 0.25) is 10.2 Å². The van der Waals surface area contributed by atoms with E-state index in [4.69, 9.17) is 54.3 Å². The number of methoxy groups -OCH3 is 1. The summed E-state index contributed by atoms with van der Waals surface area (Å²) in [5, 5.41) is 16.2. The number of halogens is 5. The van der Waals surface area contributed by atoms with Gasteiger partial charge in [-0.25, -0.2) is 4.98 Å². The highest BCUT2D eigenvalue weighted by atomic mass is 35.5. The number of primary amides is 1. The van der Waals surface area contributed by atoms with Crippen LogP contribution in [0.5, 0.6) is 0 Å². The van der Waals surface area contributed by atoms with Gasteiger partial charge in [0, 0.05) is 29.4 Å². The molecule has 16 heteroatoms. The molecule has 2 fully saturated rings. The zero-order valence-corrected chi connectivity index (χ0v) is 22.4. The van der Waals surface area contributed by atoms with Crippen molar-refractivity contribution in [2.24, 2.45) is 11.5 Å². The average Bonchev–Trinajstić information content (AvgIpc) is 3.28. The van der Waals surface area contributed by atoms with Gasteiger partial charge in [-0.3, -0.25) is 10.2 Å². The van der Waals surface area contributed by atoms with Gasteiger partial charge in [0.05, 0.1) is 29.6 Å². The fourth-order valence-corrected chi connectivity index (χ4v) is 5.21. The van der Waals surface area contributed by atoms with Gasteiger partial charge < -0.3 is 36.3 Å². The standard InChI is InChI=1S/C23H23Cl2F3N6O4S/c1-36-20-17(32-6-12(30)22-34-16(25)8-39-22)19-15(7-37-19)38-18(20)14(5-11(29)21(31)35)33-13-4-9(24)2-3-10(13)23(26,27)28/h2-6,8,15,17-20,29,32-33H,7,30H2,1H3,(H2,31,35)/b12-6-,14-5-,29-11?. The number of nitrogens with zero attached hydrogens (tertiary/aromatic N) is 1. The zero-order valence-electron chi connectivity index (χ0n) is 20.1. The second kappa shape index (κ2) is 11.7. The maximum atomic E-state index is 13.8. The van der Waals surface area contributed by atoms with Crippen LogP contribution >= 0.6 is 34.5 Å². The van der Waals surface area contributed by atoms with Crippen molar-refractivity contribution in [3.63, 3.8) is 0 Å². The van der Waals surface area contributed by atoms with Crippen LogP contribution in [-0.4, -0.2) is 60.8 Å². The van der Waals surface area contributed by atoms with Gasteiger partial charge in [-0.1, -0.05) is 23.2 Å². The van der Waals surface area contributed by atoms with Crippen LogP contribution in [0.4, 0.5) is 18.9 Å². The summed E-state index contributed by atoms with van der Waals surface area (Å²) >= 11 is 13.1. The first-order valence-electron chi connectivity index (χ1n) is 11.3. The van der Waals surface area contributed by atoms with Gasteiger partial charge in [0.2, 0.25) is 0 Å². The lowest BCUT2D eigenvalue weighted by Gasteiger charge is -2.51. The number of carbonyl (C=O) groups is 1. The largest absolute Gasteiger partial charge is 0.418 e. The minimum Gasteiger partial charge on any atom is -0.395 e. The van der Waals surface area contributed by atoms with Gasteiger partial charge in [-0.05, 0) is 24.3 Å². The number of benzene rings is 1. The maximum absolute atomic E-state index is 13.8. The number of amides is 1. The summed E-state index contributed by atoms with van der Waals surface area (Å²) < 4.78 is 58.8. The van der Waals surface area contributed by atoms with E-state index in [0.717, 1.165) is 24.3 Å². The number of anilines is 1. The van der Waals surface area contributed by atoms with Gasteiger partial charge in [-0.15, -0.1) is 11.3 Å². The van der Waals surface area contributed by atoms with Crippen LogP contribution in [-0.2, 0) is 25.2 Å². The summed E-state index contributed by atoms with van der Waals surface area (Å²) in [4.78, 5) is 15.8. The summed E-state index contributed by atoms with van der Waals surface area (Å²) in [6.45, 7) is 0.197. The number of hydrogen-bond donors (Lipinski definition) is 5. The molecule has 2 aromatic rings. The van der Waals surface area contributed by atoms with E-state index in [1.165, 1.54) is 24.6 Å². The Labute approximate surface area is 234 Å². The minimum absolute atomic E-state index is 0.0255. The molecule has 0 spiro atoms. The van der Waals surface area contributed by atoms with Gasteiger partial charge in [-0.2, -0.15) is 13.2 Å². The highest BCUT2D eigenvalue weighted by Crippen LogP contribution is 2.39. The van der Waals surface area contributed by atoms with Crippen molar-refractivity contribution in [3.8, 4) is 0 Å². The summed E-state index contributed by atoms with van der Waals surface area (Å²) in [7, 11) is 1.37. The van der Waals surface area contributed by atoms with Gasteiger partial charge >= 0.3 is 6.18 Å². The normalized spacial score (nSPS) is 25.4. The third kappa shape index (κ3) is 6.48. The Morgan fingerprint density at radius 3 is 2.64 bits per heavy atom. The summed E-state index contributed by atoms with van der Waals surface area (Å²) in [6.07, 6.45) is -5.22. The average molecular weight is 607 g/mol. The van der Waals surface area contributed by atoms with Crippen LogP contribution in [0, 0.1) is 5.41 Å². The molecule has 210 valence electrons. The van der Waals surface area contributed by atoms with Gasteiger partial charge in [0.1, 0.15) is 40.3 Å². The molecule has 5 atom stereocenters. The number of nitrogens with one attached hydrogen (secondary N) is 3. The Morgan fingerprint density at radius 2 is 2.08 bits per heavy atom. The van der Waals surface area contributed by atoms with Gasteiger partial charge in [0.15, 0.2) is 0 Å². The predicted octanol–water partition coefficient (Wildman–Crippen LogP) is 3.37. The summed E-state index contributed by atoms with van der Waals surface area (Å²) in [5.41, 5.74) is 9.46. The van der Waals surface area contributed by atoms with Gasteiger partial charge in [0.25, 0.3) is 5.91 Å². The molecule has 1 amide bonds. The molecule has 10 nitrogen and oxygen atoms in total. The van der Waals surface area contributed by atoms with E-state index in [-0.39, 0.29) is 28.2 Å². The van der Waals surface area contributed by atoms with E-state index in [9.17, 15) is 18.0 Å². The van der Waals surface area contributed by atoms with Crippen LogP contribution < -0.4 is 22.1 Å². The van der Waals surface area contributed by atoms with Crippen molar-refractivity contribution in [2.75, 3.05) is 19.0 Å². The molecule has 1 aromatic carbocycles. The maximum Gasteiger partial charge on any atom is 0.418 e. The lowest BCUT2D eigenvalue weighted by atomic mass is 9.87. The van der Waals surface area contributed by atoms with Crippen LogP contribution in [0.1, 0.15) is 10.6 Å². The first kappa shape index (κ1) is 29.1. The van der Waals surface area contributed by atoms with Crippen molar-refractivity contribution in [3.05, 3.63) is 62.3 Å². The number of fused-ring (bicyclic) bond motifs is 1. The Bertz CT molecular complexity index is 1320. The Kier molecular flexibility index (Phi) is 8.73. The monoisotopic (exact) mass is 606 g/mol. The number of ether oxygens (including phenoxy) is 3. The molecule has 7 N–H and O–H groups in total. The number of alkyl halides is 3. The second-order valence-electron chi connectivity index (χ2n) is 8.55. The molecule has 0 aliphatic carbocycles. The molecule has 1 aromatic heterocycles. The summed E-state index contributed by atoms with van der Waals surface area (Å²) in [6, 6.07) is 2.37. The van der Waals surface area contributed by atoms with E-state index in [1.807, 2.05) is 0 Å². The van der Waals surface area contributed by atoms with E-state index >= 15 is 0 Å². The molecule has 4 rings (SSSR count). The SMILES string of the molecule is COC1C(/C(=C/C(=N)C(N)=O)Nc2cc(Cl)ccc2C(F)(F)F)OC2COC2C1N/C=C(\N)c1nc(Cl)cs1. The smallest absolute Gasteiger partial charge is 0.395 e. The Balaban J connectivity index is 1.71. The highest BCUT2D eigenvalue weighted by Gasteiger charge is 2.52. The molecule has 3 heterocycles. The van der Waals surface area contributed by atoms with Crippen molar-refractivity contribution in [1.29, 1.82) is 5.41 Å². The fourth-order valence-electron chi connectivity index (χ4n) is 4.16. The number of thiazole rings is 1. The summed E-state index contributed by atoms with van der Waals surface area (Å²) in [5.74, 6) is -1.10. The zero-order chi connectivity index (χ0) is 28.5. The predicted molar refractivity (Wildman–Crippen MR) is 140 cm³/mol. The third-order valence-corrected chi connectivity index (χ3v) is 7.46. The molecule has 2 aliphatic rings. The third-order valence-electron chi connectivity index (χ3n) is 6.01. The van der Waals surface area contributed by atoms with Crippen LogP contribution in [0.15, 0.2) is 41.6 Å². The number of hydrogen-bond acceptors (Lipinski definition) is 10. The van der Waals surface area contributed by atoms with Crippen molar-refractivity contribution >= 4 is 57.5 Å². The molecule has 0 radical (unpaired) electrons. The number of carbonyl (C=O) groups excluding carboxylic acids is 1. The number of aromatic nitrogens is 1. The van der Waals surface area contributed by atoms with Crippen LogP contribution in [0.25, 0.3) is 5.70 Å². The van der Waals surface area contributed by atoms with E-state index < -0.39 is 59.5 Å². The fraction of sp³-hybridized carbons (Fsp3) is 0.348. The molecule has 5 unspecified atom stereocenters. The van der Waals surface area contributed by atoms with Crippen LogP contribution in [0.3, 0.4) is 0 Å². The van der Waals surface area contributed by atoms with Crippen molar-refractivity contribution < 1.29 is 32.2 Å². The highest BCUT2D eigenvalue weighted by molar-refractivity contribution is 7.11. The van der Waals surface area contributed by atoms with E-state index in [0.29, 0.717) is 5.01 Å². The first-order chi connectivity index (χ1) is 18.4. The molecule has 2 aliphatic heterocycles. The lowest BCUT2D eigenvalue weighted by molar-refractivity contribution is -0.268. The number of rotatable bonds is 9. The quantitative estimate of drug-likeness (QED) is 0.272. The molecular weight excluding hydrogens is 584 g/mol. The van der Waals surface area contributed by atoms with Crippen molar-refractivity contribution in [2.45, 2.75) is 36.6 Å². The lowest BCUT2D eigenvalue weighted by Crippen LogP contribution is -2.69. The van der Waals surface area contributed by atoms with E-state index in [2.05, 4.69) is 15.6 Å². The molecule has 0 bridgehead atoms. The molecule has 0 saturated carbocycles. The first-order valence-corrected chi connectivity index (χ1v) is 12.9. The Hall–Kier alpha value is -2.88. The van der Waals surface area contributed by atoms with E-state index in [1.54, 1.807) is 5.38 Å². The molecular formula is C23H23Cl2F3N6O4S. The van der Waals surface area contributed by atoms with Crippen molar-refractivity contribution in [1.82, 2.24) is 10.3 Å². The second-order valence-corrected chi connectivity index (χ2v) is 10.2. The molecule has 39 heavy (non-hydrogen) atoms. The molecule has 2 saturated heterocycles. The topological polar surface area (TPSA) is 158 Å². The Morgan fingerprint density at radius 1 is 1.33 bits per heavy atom.